The summed E-state index contributed by atoms with van der Waals surface area (Å²) in [6.07, 6.45) is 1.95. The Morgan fingerprint density at radius 1 is 1.06 bits per heavy atom. The third kappa shape index (κ3) is 4.80. The molecule has 8 heteroatoms. The van der Waals surface area contributed by atoms with Crippen LogP contribution in [0.15, 0.2) is 59.1 Å². The Hall–Kier alpha value is -3.68. The van der Waals surface area contributed by atoms with Crippen LogP contribution < -0.4 is 16.0 Å². The van der Waals surface area contributed by atoms with E-state index in [0.29, 0.717) is 30.2 Å². The van der Waals surface area contributed by atoms with E-state index in [9.17, 15) is 9.59 Å². The largest absolute Gasteiger partial charge is 0.359 e. The van der Waals surface area contributed by atoms with Crippen LogP contribution in [0.4, 0.5) is 10.5 Å². The molecule has 3 aromatic rings. The van der Waals surface area contributed by atoms with Gasteiger partial charge in [0, 0.05) is 30.3 Å². The van der Waals surface area contributed by atoms with E-state index < -0.39 is 0 Å². The quantitative estimate of drug-likeness (QED) is 0.549. The van der Waals surface area contributed by atoms with Crippen molar-refractivity contribution in [2.45, 2.75) is 38.1 Å². The van der Waals surface area contributed by atoms with Crippen LogP contribution in [0.3, 0.4) is 0 Å². The van der Waals surface area contributed by atoms with Gasteiger partial charge in [0.2, 0.25) is 17.6 Å². The molecule has 1 fully saturated rings. The molecule has 0 bridgehead atoms. The zero-order valence-corrected chi connectivity index (χ0v) is 18.2. The highest BCUT2D eigenvalue weighted by Crippen LogP contribution is 2.38. The molecule has 1 aromatic heterocycles. The van der Waals surface area contributed by atoms with Crippen molar-refractivity contribution in [3.05, 3.63) is 66.1 Å². The fourth-order valence-corrected chi connectivity index (χ4v) is 4.14. The van der Waals surface area contributed by atoms with E-state index in [0.717, 1.165) is 12.0 Å². The molecule has 1 saturated carbocycles. The first kappa shape index (κ1) is 21.5. The Morgan fingerprint density at radius 2 is 1.81 bits per heavy atom. The smallest absolute Gasteiger partial charge is 0.319 e. The summed E-state index contributed by atoms with van der Waals surface area (Å²) in [6, 6.07) is 16.6. The van der Waals surface area contributed by atoms with Crippen LogP contribution in [0.2, 0.25) is 0 Å². The van der Waals surface area contributed by atoms with Gasteiger partial charge >= 0.3 is 6.03 Å². The van der Waals surface area contributed by atoms with Gasteiger partial charge < -0.3 is 20.5 Å². The van der Waals surface area contributed by atoms with Gasteiger partial charge in [-0.25, -0.2) is 4.79 Å². The van der Waals surface area contributed by atoms with Crippen molar-refractivity contribution < 1.29 is 14.1 Å². The lowest BCUT2D eigenvalue weighted by atomic mass is 10.0. The van der Waals surface area contributed by atoms with Gasteiger partial charge in [0.05, 0.1) is 5.92 Å². The summed E-state index contributed by atoms with van der Waals surface area (Å²) in [5.41, 5.74) is 2.76. The van der Waals surface area contributed by atoms with Crippen LogP contribution in [0.25, 0.3) is 11.4 Å². The van der Waals surface area contributed by atoms with Crippen LogP contribution in [-0.2, 0) is 11.2 Å². The minimum absolute atomic E-state index is 0.0577. The molecule has 0 radical (unpaired) electrons. The number of carbonyl (C=O) groups excluding carboxylic acids is 2. The minimum Gasteiger partial charge on any atom is -0.359 e. The second-order valence-electron chi connectivity index (χ2n) is 7.97. The number of aryl methyl sites for hydroxylation is 1. The first-order chi connectivity index (χ1) is 15.6. The fourth-order valence-electron chi connectivity index (χ4n) is 4.14. The van der Waals surface area contributed by atoms with Crippen LogP contribution in [0.5, 0.6) is 0 Å². The average molecular weight is 434 g/mol. The Morgan fingerprint density at radius 3 is 2.50 bits per heavy atom. The molecular formula is C24H27N5O3. The number of rotatable bonds is 6. The van der Waals surface area contributed by atoms with Crippen LogP contribution in [0, 0.1) is 5.92 Å². The van der Waals surface area contributed by atoms with Crippen molar-refractivity contribution in [2.24, 2.45) is 5.92 Å². The molecule has 0 saturated heterocycles. The minimum atomic E-state index is -0.329. The van der Waals surface area contributed by atoms with E-state index in [1.165, 1.54) is 5.56 Å². The number of amides is 3. The number of aromatic nitrogens is 2. The van der Waals surface area contributed by atoms with E-state index in [1.807, 2.05) is 54.6 Å². The van der Waals surface area contributed by atoms with Crippen LogP contribution in [0.1, 0.15) is 37.1 Å². The highest BCUT2D eigenvalue weighted by Gasteiger charge is 2.42. The predicted octanol–water partition coefficient (Wildman–Crippen LogP) is 3.73. The van der Waals surface area contributed by atoms with Crippen molar-refractivity contribution in [2.75, 3.05) is 12.4 Å². The maximum absolute atomic E-state index is 12.7. The lowest BCUT2D eigenvalue weighted by Gasteiger charge is -2.18. The summed E-state index contributed by atoms with van der Waals surface area (Å²) >= 11 is 0. The molecular weight excluding hydrogens is 406 g/mol. The van der Waals surface area contributed by atoms with E-state index in [-0.39, 0.29) is 29.8 Å². The van der Waals surface area contributed by atoms with Gasteiger partial charge in [-0.2, -0.15) is 4.98 Å². The van der Waals surface area contributed by atoms with Crippen molar-refractivity contribution in [1.82, 2.24) is 20.8 Å². The summed E-state index contributed by atoms with van der Waals surface area (Å²) < 4.78 is 5.56. The highest BCUT2D eigenvalue weighted by atomic mass is 16.5. The SMILES string of the molecule is CCc1ccc(NC(=O)N[C@H]2C[C@H](C(=O)NC)C[C@H]2c2nc(-c3ccccc3)no2)cc1. The van der Waals surface area contributed by atoms with E-state index >= 15 is 0 Å². The van der Waals surface area contributed by atoms with Crippen molar-refractivity contribution in [3.63, 3.8) is 0 Å². The maximum Gasteiger partial charge on any atom is 0.319 e. The molecule has 1 heterocycles. The molecule has 1 aliphatic rings. The van der Waals surface area contributed by atoms with E-state index in [2.05, 4.69) is 33.0 Å². The third-order valence-corrected chi connectivity index (χ3v) is 5.91. The molecule has 166 valence electrons. The molecule has 8 nitrogen and oxygen atoms in total. The first-order valence-electron chi connectivity index (χ1n) is 10.8. The van der Waals surface area contributed by atoms with Crippen molar-refractivity contribution >= 4 is 17.6 Å². The van der Waals surface area contributed by atoms with Gasteiger partial charge in [0.1, 0.15) is 0 Å². The zero-order chi connectivity index (χ0) is 22.5. The number of urea groups is 1. The summed E-state index contributed by atoms with van der Waals surface area (Å²) in [5, 5.41) is 12.7. The van der Waals surface area contributed by atoms with Gasteiger partial charge in [-0.3, -0.25) is 4.79 Å². The molecule has 3 N–H and O–H groups in total. The topological polar surface area (TPSA) is 109 Å². The van der Waals surface area contributed by atoms with Gasteiger partial charge in [0.25, 0.3) is 0 Å². The Labute approximate surface area is 186 Å². The fraction of sp³-hybridized carbons (Fsp3) is 0.333. The highest BCUT2D eigenvalue weighted by molar-refractivity contribution is 5.89. The van der Waals surface area contributed by atoms with Gasteiger partial charge in [-0.05, 0) is 37.0 Å². The van der Waals surface area contributed by atoms with Crippen molar-refractivity contribution in [3.8, 4) is 11.4 Å². The second kappa shape index (κ2) is 9.64. The zero-order valence-electron chi connectivity index (χ0n) is 18.2. The number of carbonyl (C=O) groups is 2. The monoisotopic (exact) mass is 433 g/mol. The number of benzene rings is 2. The second-order valence-corrected chi connectivity index (χ2v) is 7.97. The summed E-state index contributed by atoms with van der Waals surface area (Å²) in [7, 11) is 1.62. The summed E-state index contributed by atoms with van der Waals surface area (Å²) in [4.78, 5) is 29.5. The lowest BCUT2D eigenvalue weighted by Crippen LogP contribution is -2.39. The number of hydrogen-bond donors (Lipinski definition) is 3. The maximum atomic E-state index is 12.7. The van der Waals surface area contributed by atoms with Crippen LogP contribution >= 0.6 is 0 Å². The molecule has 0 aliphatic heterocycles. The molecule has 3 amide bonds. The number of nitrogens with zero attached hydrogens (tertiary/aromatic N) is 2. The van der Waals surface area contributed by atoms with Gasteiger partial charge in [-0.15, -0.1) is 0 Å². The molecule has 2 aromatic carbocycles. The molecule has 0 unspecified atom stereocenters. The molecule has 32 heavy (non-hydrogen) atoms. The Kier molecular flexibility index (Phi) is 6.49. The Bertz CT molecular complexity index is 1060. The molecule has 3 atom stereocenters. The van der Waals surface area contributed by atoms with E-state index in [4.69, 9.17) is 4.52 Å². The predicted molar refractivity (Wildman–Crippen MR) is 121 cm³/mol. The van der Waals surface area contributed by atoms with Crippen molar-refractivity contribution in [1.29, 1.82) is 0 Å². The normalized spacial score (nSPS) is 20.0. The lowest BCUT2D eigenvalue weighted by molar-refractivity contribution is -0.124. The van der Waals surface area contributed by atoms with E-state index in [1.54, 1.807) is 7.05 Å². The number of hydrogen-bond acceptors (Lipinski definition) is 5. The number of anilines is 1. The summed E-state index contributed by atoms with van der Waals surface area (Å²) in [6.45, 7) is 2.08. The summed E-state index contributed by atoms with van der Waals surface area (Å²) in [5.74, 6) is 0.357. The molecule has 1 aliphatic carbocycles. The first-order valence-corrected chi connectivity index (χ1v) is 10.8. The molecule has 4 rings (SSSR count). The van der Waals surface area contributed by atoms with Crippen LogP contribution in [-0.4, -0.2) is 35.2 Å². The molecule has 0 spiro atoms. The third-order valence-electron chi connectivity index (χ3n) is 5.91. The van der Waals surface area contributed by atoms with Gasteiger partial charge in [-0.1, -0.05) is 54.5 Å². The van der Waals surface area contributed by atoms with Gasteiger partial charge in [0.15, 0.2) is 0 Å². The standard InChI is InChI=1S/C24H27N5O3/c1-3-15-9-11-18(12-10-15)26-24(31)27-20-14-17(22(30)25-2)13-19(20)23-28-21(29-32-23)16-7-5-4-6-8-16/h4-12,17,19-20H,3,13-14H2,1-2H3,(H,25,30)(H2,26,27,31)/t17-,19-,20+/m1/s1. The number of nitrogens with one attached hydrogen (secondary N) is 3. The average Bonchev–Trinajstić information content (AvgIpc) is 3.47. The Balaban J connectivity index is 1.49.